The second kappa shape index (κ2) is 4.79. The lowest BCUT2D eigenvalue weighted by molar-refractivity contribution is -0.384. The van der Waals surface area contributed by atoms with Crippen molar-refractivity contribution in [3.8, 4) is 0 Å². The van der Waals surface area contributed by atoms with Crippen molar-refractivity contribution in [1.29, 1.82) is 0 Å². The van der Waals surface area contributed by atoms with Crippen molar-refractivity contribution in [2.24, 2.45) is 0 Å². The van der Waals surface area contributed by atoms with Gasteiger partial charge in [0.05, 0.1) is 17.1 Å². The highest BCUT2D eigenvalue weighted by Crippen LogP contribution is 2.29. The number of aromatic nitrogens is 1. The molecular formula is C12H10ClN3O2S. The van der Waals surface area contributed by atoms with Gasteiger partial charge in [0.1, 0.15) is 11.0 Å². The molecule has 2 aromatic rings. The van der Waals surface area contributed by atoms with E-state index in [-0.39, 0.29) is 10.8 Å². The molecule has 0 aromatic carbocycles. The number of nitrogens with zero attached hydrogens (tertiary/aromatic N) is 3. The van der Waals surface area contributed by atoms with E-state index in [2.05, 4.69) is 16.4 Å². The Hall–Kier alpha value is -1.66. The summed E-state index contributed by atoms with van der Waals surface area (Å²) in [7, 11) is 0. The van der Waals surface area contributed by atoms with Gasteiger partial charge in [-0.3, -0.25) is 10.1 Å². The fourth-order valence-electron chi connectivity index (χ4n) is 2.18. The summed E-state index contributed by atoms with van der Waals surface area (Å²) in [4.78, 5) is 18.0. The third-order valence-corrected chi connectivity index (χ3v) is 4.32. The Labute approximate surface area is 118 Å². The summed E-state index contributed by atoms with van der Waals surface area (Å²) in [5.41, 5.74) is 1.24. The van der Waals surface area contributed by atoms with Crippen LogP contribution in [-0.2, 0) is 13.0 Å². The van der Waals surface area contributed by atoms with E-state index >= 15 is 0 Å². The van der Waals surface area contributed by atoms with E-state index in [1.165, 1.54) is 22.6 Å². The first-order valence-corrected chi connectivity index (χ1v) is 7.01. The Kier molecular flexibility index (Phi) is 3.12. The molecule has 3 rings (SSSR count). The highest BCUT2D eigenvalue weighted by Gasteiger charge is 2.20. The van der Waals surface area contributed by atoms with Crippen molar-refractivity contribution in [2.45, 2.75) is 13.0 Å². The van der Waals surface area contributed by atoms with Crippen LogP contribution in [0.2, 0.25) is 5.15 Å². The highest BCUT2D eigenvalue weighted by atomic mass is 35.5. The lowest BCUT2D eigenvalue weighted by atomic mass is 10.1. The van der Waals surface area contributed by atoms with E-state index in [1.807, 2.05) is 4.90 Å². The SMILES string of the molecule is O=[N+]([O-])c1cc(Cl)nc(N2CCc3sccc3C2)c1. The molecule has 0 spiro atoms. The van der Waals surface area contributed by atoms with E-state index in [1.54, 1.807) is 11.3 Å². The maximum Gasteiger partial charge on any atom is 0.276 e. The number of thiophene rings is 1. The number of nitro groups is 1. The predicted molar refractivity (Wildman–Crippen MR) is 75.0 cm³/mol. The molecule has 2 aromatic heterocycles. The van der Waals surface area contributed by atoms with Crippen LogP contribution in [0, 0.1) is 10.1 Å². The molecule has 1 aliphatic rings. The van der Waals surface area contributed by atoms with Gasteiger partial charge in [-0.05, 0) is 23.4 Å². The van der Waals surface area contributed by atoms with E-state index in [0.717, 1.165) is 19.5 Å². The van der Waals surface area contributed by atoms with Crippen molar-refractivity contribution in [1.82, 2.24) is 4.98 Å². The molecule has 0 bridgehead atoms. The molecule has 19 heavy (non-hydrogen) atoms. The molecule has 0 amide bonds. The summed E-state index contributed by atoms with van der Waals surface area (Å²) in [5.74, 6) is 0.566. The summed E-state index contributed by atoms with van der Waals surface area (Å²) in [6.45, 7) is 1.53. The largest absolute Gasteiger partial charge is 0.352 e. The van der Waals surface area contributed by atoms with Crippen LogP contribution in [0.3, 0.4) is 0 Å². The van der Waals surface area contributed by atoms with E-state index in [4.69, 9.17) is 11.6 Å². The van der Waals surface area contributed by atoms with Gasteiger partial charge in [0.2, 0.25) is 0 Å². The number of halogens is 1. The lowest BCUT2D eigenvalue weighted by Crippen LogP contribution is -2.30. The van der Waals surface area contributed by atoms with Gasteiger partial charge in [0.15, 0.2) is 0 Å². The summed E-state index contributed by atoms with van der Waals surface area (Å²) < 4.78 is 0. The van der Waals surface area contributed by atoms with Crippen LogP contribution in [0.15, 0.2) is 23.6 Å². The third-order valence-electron chi connectivity index (χ3n) is 3.11. The maximum atomic E-state index is 10.8. The number of hydrogen-bond acceptors (Lipinski definition) is 5. The van der Waals surface area contributed by atoms with Crippen LogP contribution in [0.1, 0.15) is 10.4 Å². The Morgan fingerprint density at radius 3 is 3.11 bits per heavy atom. The number of anilines is 1. The van der Waals surface area contributed by atoms with Gasteiger partial charge >= 0.3 is 0 Å². The van der Waals surface area contributed by atoms with Crippen LogP contribution in [-0.4, -0.2) is 16.5 Å². The smallest absolute Gasteiger partial charge is 0.276 e. The topological polar surface area (TPSA) is 59.3 Å². The van der Waals surface area contributed by atoms with Gasteiger partial charge < -0.3 is 4.90 Å². The number of fused-ring (bicyclic) bond motifs is 1. The molecule has 3 heterocycles. The minimum atomic E-state index is -0.447. The van der Waals surface area contributed by atoms with Crippen LogP contribution in [0.5, 0.6) is 0 Å². The zero-order valence-corrected chi connectivity index (χ0v) is 11.4. The lowest BCUT2D eigenvalue weighted by Gasteiger charge is -2.27. The second-order valence-corrected chi connectivity index (χ2v) is 5.69. The number of rotatable bonds is 2. The first-order valence-electron chi connectivity index (χ1n) is 5.75. The Morgan fingerprint density at radius 2 is 2.32 bits per heavy atom. The first kappa shape index (κ1) is 12.4. The van der Waals surface area contributed by atoms with Gasteiger partial charge in [-0.2, -0.15) is 0 Å². The zero-order valence-electron chi connectivity index (χ0n) is 9.88. The molecule has 98 valence electrons. The quantitative estimate of drug-likeness (QED) is 0.485. The first-order chi connectivity index (χ1) is 9.13. The molecule has 0 atom stereocenters. The Bertz CT molecular complexity index is 644. The van der Waals surface area contributed by atoms with Crippen LogP contribution in [0.25, 0.3) is 0 Å². The third kappa shape index (κ3) is 2.41. The summed E-state index contributed by atoms with van der Waals surface area (Å²) >= 11 is 7.60. The monoisotopic (exact) mass is 295 g/mol. The van der Waals surface area contributed by atoms with E-state index in [9.17, 15) is 10.1 Å². The molecule has 0 saturated carbocycles. The molecule has 0 unspecified atom stereocenters. The van der Waals surface area contributed by atoms with Gasteiger partial charge in [-0.1, -0.05) is 11.6 Å². The summed E-state index contributed by atoms with van der Waals surface area (Å²) in [6.07, 6.45) is 0.939. The minimum Gasteiger partial charge on any atom is -0.352 e. The molecule has 0 saturated heterocycles. The Balaban J connectivity index is 1.93. The molecule has 0 N–H and O–H groups in total. The highest BCUT2D eigenvalue weighted by molar-refractivity contribution is 7.10. The number of hydrogen-bond donors (Lipinski definition) is 0. The van der Waals surface area contributed by atoms with Crippen molar-refractivity contribution in [3.63, 3.8) is 0 Å². The Morgan fingerprint density at radius 1 is 1.47 bits per heavy atom. The second-order valence-electron chi connectivity index (χ2n) is 4.30. The van der Waals surface area contributed by atoms with E-state index in [0.29, 0.717) is 5.82 Å². The summed E-state index contributed by atoms with van der Waals surface area (Å²) in [5, 5.41) is 13.1. The molecular weight excluding hydrogens is 286 g/mol. The minimum absolute atomic E-state index is 0.0221. The molecule has 0 aliphatic carbocycles. The predicted octanol–water partition coefficient (Wildman–Crippen LogP) is 3.27. The molecule has 0 fully saturated rings. The number of pyridine rings is 1. The van der Waals surface area contributed by atoms with Crippen molar-refractivity contribution in [3.05, 3.63) is 49.3 Å². The van der Waals surface area contributed by atoms with Crippen molar-refractivity contribution >= 4 is 34.4 Å². The fourth-order valence-corrected chi connectivity index (χ4v) is 3.27. The van der Waals surface area contributed by atoms with Crippen LogP contribution in [0.4, 0.5) is 11.5 Å². The molecule has 7 heteroatoms. The normalized spacial score (nSPS) is 14.3. The van der Waals surface area contributed by atoms with Gasteiger partial charge in [0, 0.05) is 18.0 Å². The average Bonchev–Trinajstić information content (AvgIpc) is 2.85. The van der Waals surface area contributed by atoms with Gasteiger partial charge in [-0.25, -0.2) is 4.98 Å². The molecule has 0 radical (unpaired) electrons. The van der Waals surface area contributed by atoms with Gasteiger partial charge in [0.25, 0.3) is 5.69 Å². The standard InChI is InChI=1S/C12H10ClN3O2S/c13-11-5-9(16(17)18)6-12(14-11)15-3-1-10-8(7-15)2-4-19-10/h2,4-6H,1,3,7H2. The average molecular weight is 296 g/mol. The summed E-state index contributed by atoms with van der Waals surface area (Å²) in [6, 6.07) is 4.83. The zero-order chi connectivity index (χ0) is 13.4. The van der Waals surface area contributed by atoms with Crippen molar-refractivity contribution < 1.29 is 4.92 Å². The van der Waals surface area contributed by atoms with Crippen molar-refractivity contribution in [2.75, 3.05) is 11.4 Å². The van der Waals surface area contributed by atoms with Gasteiger partial charge in [-0.15, -0.1) is 11.3 Å². The maximum absolute atomic E-state index is 10.8. The molecule has 5 nitrogen and oxygen atoms in total. The molecule has 1 aliphatic heterocycles. The van der Waals surface area contributed by atoms with Crippen LogP contribution >= 0.6 is 22.9 Å². The van der Waals surface area contributed by atoms with E-state index < -0.39 is 4.92 Å². The fraction of sp³-hybridized carbons (Fsp3) is 0.250. The van der Waals surface area contributed by atoms with Crippen LogP contribution < -0.4 is 4.90 Å².